The zero-order chi connectivity index (χ0) is 14.5. The number of anilines is 1. The van der Waals surface area contributed by atoms with Crippen LogP contribution in [-0.4, -0.2) is 25.3 Å². The van der Waals surface area contributed by atoms with Gasteiger partial charge in [0.1, 0.15) is 6.04 Å². The van der Waals surface area contributed by atoms with Crippen LogP contribution in [0.1, 0.15) is 12.8 Å². The summed E-state index contributed by atoms with van der Waals surface area (Å²) in [6, 6.07) is 4.04. The minimum absolute atomic E-state index is 0.289. The van der Waals surface area contributed by atoms with E-state index >= 15 is 0 Å². The van der Waals surface area contributed by atoms with E-state index in [0.29, 0.717) is 5.02 Å². The fourth-order valence-corrected chi connectivity index (χ4v) is 1.56. The fraction of sp³-hybridized carbons (Fsp3) is 0.417. The highest BCUT2D eigenvalue weighted by molar-refractivity contribution is 6.30. The summed E-state index contributed by atoms with van der Waals surface area (Å²) in [4.78, 5) is 10.9. The van der Waals surface area contributed by atoms with Crippen LogP contribution in [0.2, 0.25) is 5.02 Å². The summed E-state index contributed by atoms with van der Waals surface area (Å²) < 4.78 is 42.7. The van der Waals surface area contributed by atoms with Crippen molar-refractivity contribution in [2.24, 2.45) is 0 Å². The quantitative estimate of drug-likeness (QED) is 0.843. The van der Waals surface area contributed by atoms with E-state index < -0.39 is 24.6 Å². The van der Waals surface area contributed by atoms with Crippen LogP contribution in [0, 0.1) is 0 Å². The molecule has 0 aromatic heterocycles. The molecule has 0 saturated carbocycles. The molecule has 0 amide bonds. The number of halogens is 4. The molecule has 1 rings (SSSR count). The highest BCUT2D eigenvalue weighted by Gasteiger charge is 2.39. The van der Waals surface area contributed by atoms with Gasteiger partial charge in [0.25, 0.3) is 0 Å². The van der Waals surface area contributed by atoms with Crippen molar-refractivity contribution in [2.75, 3.05) is 12.4 Å². The molecule has 0 fully saturated rings. The molecular formula is C12H13ClF3NO2. The minimum Gasteiger partial charge on any atom is -0.469 e. The normalized spacial score (nSPS) is 12.9. The van der Waals surface area contributed by atoms with E-state index in [1.807, 2.05) is 0 Å². The standard InChI is InChI=1S/C12H13ClF3NO2/c1-19-11(18)7-6-10(12(14,15)16)17-9-4-2-8(13)3-5-9/h2-5,10,17H,6-7H2,1H3/t10-/m1/s1. The molecule has 0 aliphatic carbocycles. The van der Waals surface area contributed by atoms with Gasteiger partial charge in [-0.05, 0) is 30.7 Å². The Balaban J connectivity index is 2.69. The largest absolute Gasteiger partial charge is 0.469 e. The number of rotatable bonds is 5. The SMILES string of the molecule is COC(=O)CC[C@@H](Nc1ccc(Cl)cc1)C(F)(F)F. The predicted octanol–water partition coefficient (Wildman–Crippen LogP) is 3.64. The van der Waals surface area contributed by atoms with E-state index in [1.165, 1.54) is 24.3 Å². The molecule has 1 N–H and O–H groups in total. The zero-order valence-corrected chi connectivity index (χ0v) is 10.9. The van der Waals surface area contributed by atoms with Crippen LogP contribution in [0.4, 0.5) is 18.9 Å². The molecule has 19 heavy (non-hydrogen) atoms. The van der Waals surface area contributed by atoms with Gasteiger partial charge in [-0.25, -0.2) is 0 Å². The second kappa shape index (κ2) is 6.65. The molecule has 0 bridgehead atoms. The third-order valence-corrected chi connectivity index (χ3v) is 2.70. The highest BCUT2D eigenvalue weighted by atomic mass is 35.5. The van der Waals surface area contributed by atoms with Gasteiger partial charge in [-0.3, -0.25) is 4.79 Å². The molecule has 0 unspecified atom stereocenters. The van der Waals surface area contributed by atoms with Gasteiger partial charge < -0.3 is 10.1 Å². The van der Waals surface area contributed by atoms with Crippen LogP contribution in [0.15, 0.2) is 24.3 Å². The number of alkyl halides is 3. The van der Waals surface area contributed by atoms with E-state index in [9.17, 15) is 18.0 Å². The van der Waals surface area contributed by atoms with E-state index in [0.717, 1.165) is 7.11 Å². The van der Waals surface area contributed by atoms with E-state index in [1.54, 1.807) is 0 Å². The van der Waals surface area contributed by atoms with Gasteiger partial charge in [0, 0.05) is 17.1 Å². The van der Waals surface area contributed by atoms with Crippen molar-refractivity contribution in [1.29, 1.82) is 0 Å². The third kappa shape index (κ3) is 5.38. The molecule has 1 aromatic carbocycles. The Morgan fingerprint density at radius 3 is 2.42 bits per heavy atom. The van der Waals surface area contributed by atoms with Crippen molar-refractivity contribution >= 4 is 23.3 Å². The van der Waals surface area contributed by atoms with Crippen molar-refractivity contribution in [1.82, 2.24) is 0 Å². The number of hydrogen-bond donors (Lipinski definition) is 1. The Hall–Kier alpha value is -1.43. The molecule has 0 saturated heterocycles. The number of ether oxygens (including phenoxy) is 1. The fourth-order valence-electron chi connectivity index (χ4n) is 1.43. The monoisotopic (exact) mass is 295 g/mol. The Kier molecular flexibility index (Phi) is 5.47. The number of hydrogen-bond acceptors (Lipinski definition) is 3. The second-order valence-electron chi connectivity index (χ2n) is 3.86. The van der Waals surface area contributed by atoms with Crippen molar-refractivity contribution in [3.05, 3.63) is 29.3 Å². The topological polar surface area (TPSA) is 38.3 Å². The molecule has 7 heteroatoms. The number of methoxy groups -OCH3 is 1. The molecule has 1 aromatic rings. The van der Waals surface area contributed by atoms with E-state index in [-0.39, 0.29) is 12.1 Å². The molecule has 106 valence electrons. The third-order valence-electron chi connectivity index (χ3n) is 2.45. The summed E-state index contributed by atoms with van der Waals surface area (Å²) >= 11 is 5.65. The van der Waals surface area contributed by atoms with Crippen molar-refractivity contribution in [2.45, 2.75) is 25.1 Å². The van der Waals surface area contributed by atoms with Crippen molar-refractivity contribution < 1.29 is 22.7 Å². The smallest absolute Gasteiger partial charge is 0.408 e. The van der Waals surface area contributed by atoms with Crippen LogP contribution < -0.4 is 5.32 Å². The first-order chi connectivity index (χ1) is 8.82. The number of carbonyl (C=O) groups is 1. The van der Waals surface area contributed by atoms with Crippen LogP contribution in [-0.2, 0) is 9.53 Å². The van der Waals surface area contributed by atoms with Gasteiger partial charge >= 0.3 is 12.1 Å². The maximum absolute atomic E-state index is 12.8. The lowest BCUT2D eigenvalue weighted by molar-refractivity contribution is -0.149. The highest BCUT2D eigenvalue weighted by Crippen LogP contribution is 2.27. The summed E-state index contributed by atoms with van der Waals surface area (Å²) in [5.41, 5.74) is 0.289. The van der Waals surface area contributed by atoms with Crippen molar-refractivity contribution in [3.63, 3.8) is 0 Å². The van der Waals surface area contributed by atoms with Crippen LogP contribution in [0.5, 0.6) is 0 Å². The average Bonchev–Trinajstić information content (AvgIpc) is 2.34. The second-order valence-corrected chi connectivity index (χ2v) is 4.30. The Morgan fingerprint density at radius 1 is 1.37 bits per heavy atom. The van der Waals surface area contributed by atoms with E-state index in [2.05, 4.69) is 10.1 Å². The van der Waals surface area contributed by atoms with Crippen molar-refractivity contribution in [3.8, 4) is 0 Å². The zero-order valence-electron chi connectivity index (χ0n) is 10.1. The lowest BCUT2D eigenvalue weighted by Crippen LogP contribution is -2.36. The van der Waals surface area contributed by atoms with Gasteiger partial charge in [0.05, 0.1) is 7.11 Å². The number of nitrogens with one attached hydrogen (secondary N) is 1. The molecule has 0 heterocycles. The lowest BCUT2D eigenvalue weighted by atomic mass is 10.1. The summed E-state index contributed by atoms with van der Waals surface area (Å²) in [5.74, 6) is -0.674. The van der Waals surface area contributed by atoms with Crippen LogP contribution in [0.3, 0.4) is 0 Å². The average molecular weight is 296 g/mol. The van der Waals surface area contributed by atoms with Crippen LogP contribution in [0.25, 0.3) is 0 Å². The Morgan fingerprint density at radius 2 is 1.95 bits per heavy atom. The summed E-state index contributed by atoms with van der Waals surface area (Å²) in [6.45, 7) is 0. The first-order valence-corrected chi connectivity index (χ1v) is 5.86. The van der Waals surface area contributed by atoms with Gasteiger partial charge in [-0.1, -0.05) is 11.6 Å². The van der Waals surface area contributed by atoms with Crippen LogP contribution >= 0.6 is 11.6 Å². The van der Waals surface area contributed by atoms with Gasteiger partial charge in [0.2, 0.25) is 0 Å². The molecule has 3 nitrogen and oxygen atoms in total. The summed E-state index contributed by atoms with van der Waals surface area (Å²) in [6.07, 6.45) is -5.15. The summed E-state index contributed by atoms with van der Waals surface area (Å²) in [5, 5.41) is 2.77. The first-order valence-electron chi connectivity index (χ1n) is 5.48. The molecule has 0 aliphatic heterocycles. The number of carbonyl (C=O) groups excluding carboxylic acids is 1. The predicted molar refractivity (Wildman–Crippen MR) is 66.2 cm³/mol. The van der Waals surface area contributed by atoms with E-state index in [4.69, 9.17) is 11.6 Å². The molecule has 1 atom stereocenters. The maximum Gasteiger partial charge on any atom is 0.408 e. The molecular weight excluding hydrogens is 283 g/mol. The Bertz CT molecular complexity index is 420. The lowest BCUT2D eigenvalue weighted by Gasteiger charge is -2.22. The maximum atomic E-state index is 12.8. The molecule has 0 aliphatic rings. The van der Waals surface area contributed by atoms with Gasteiger partial charge in [-0.2, -0.15) is 13.2 Å². The van der Waals surface area contributed by atoms with Gasteiger partial charge in [0.15, 0.2) is 0 Å². The van der Waals surface area contributed by atoms with Gasteiger partial charge in [-0.15, -0.1) is 0 Å². The molecule has 0 radical (unpaired) electrons. The first kappa shape index (κ1) is 15.6. The molecule has 0 spiro atoms. The number of benzene rings is 1. The minimum atomic E-state index is -4.45. The Labute approximate surface area is 113 Å². The summed E-state index contributed by atoms with van der Waals surface area (Å²) in [7, 11) is 1.14. The number of esters is 1.